The number of hydrazone groups is 1. The highest BCUT2D eigenvalue weighted by atomic mass is 35.5. The molecule has 0 saturated carbocycles. The number of alkyl halides is 3. The number of guanidine groups is 1. The van der Waals surface area contributed by atoms with Gasteiger partial charge in [-0.15, -0.1) is 34.0 Å². The maximum Gasteiger partial charge on any atom is 0.573 e. The van der Waals surface area contributed by atoms with Crippen LogP contribution in [0.25, 0.3) is 0 Å². The molecule has 1 aliphatic heterocycles. The van der Waals surface area contributed by atoms with Gasteiger partial charge in [0, 0.05) is 7.05 Å². The molecular weight excluding hydrogens is 504 g/mol. The summed E-state index contributed by atoms with van der Waals surface area (Å²) >= 11 is 17.7. The molecule has 170 valence electrons. The first-order valence-corrected chi connectivity index (χ1v) is 9.31. The summed E-state index contributed by atoms with van der Waals surface area (Å²) < 4.78 is 42.5. The Bertz CT molecular complexity index is 1120. The average Bonchev–Trinajstić information content (AvgIpc) is 3.09. The van der Waals surface area contributed by atoms with E-state index in [0.29, 0.717) is 0 Å². The molecule has 32 heavy (non-hydrogen) atoms. The molecule has 0 bridgehead atoms. The fraction of sp³-hybridized carbons (Fsp3) is 0.133. The van der Waals surface area contributed by atoms with E-state index in [9.17, 15) is 22.8 Å². The molecular formula is C15H10Cl3F3N8O3. The van der Waals surface area contributed by atoms with Crippen LogP contribution >= 0.6 is 34.8 Å². The molecule has 4 N–H and O–H groups in total. The minimum Gasteiger partial charge on any atom is -0.404 e. The topological polar surface area (TPSA) is 133 Å². The Morgan fingerprint density at radius 3 is 2.41 bits per heavy atom. The van der Waals surface area contributed by atoms with Gasteiger partial charge in [-0.3, -0.25) is 19.9 Å². The van der Waals surface area contributed by atoms with Crippen molar-refractivity contribution in [2.24, 2.45) is 5.10 Å². The highest BCUT2D eigenvalue weighted by molar-refractivity contribution is 6.38. The van der Waals surface area contributed by atoms with Crippen LogP contribution in [0.3, 0.4) is 0 Å². The number of hydrazine groups is 2. The molecule has 1 aromatic heterocycles. The van der Waals surface area contributed by atoms with Gasteiger partial charge in [-0.2, -0.15) is 0 Å². The fourth-order valence-electron chi connectivity index (χ4n) is 2.31. The second-order valence-corrected chi connectivity index (χ2v) is 6.97. The molecule has 2 heterocycles. The van der Waals surface area contributed by atoms with Crippen LogP contribution in [-0.2, 0) is 0 Å². The zero-order chi connectivity index (χ0) is 23.6. The number of halogens is 6. The molecule has 2 amide bonds. The molecule has 0 saturated heterocycles. The molecule has 11 nitrogen and oxygen atoms in total. The lowest BCUT2D eigenvalue weighted by Gasteiger charge is -2.18. The van der Waals surface area contributed by atoms with Gasteiger partial charge in [0.25, 0.3) is 11.8 Å². The van der Waals surface area contributed by atoms with E-state index in [1.807, 2.05) is 0 Å². The van der Waals surface area contributed by atoms with E-state index in [2.05, 4.69) is 41.7 Å². The molecule has 0 spiro atoms. The fourth-order valence-corrected chi connectivity index (χ4v) is 2.93. The quantitative estimate of drug-likeness (QED) is 0.490. The third-order valence-electron chi connectivity index (χ3n) is 3.70. The monoisotopic (exact) mass is 512 g/mol. The van der Waals surface area contributed by atoms with E-state index in [0.717, 1.165) is 18.2 Å². The maximum atomic E-state index is 12.9. The molecule has 1 aromatic carbocycles. The summed E-state index contributed by atoms with van der Waals surface area (Å²) in [6.07, 6.45) is -5.12. The van der Waals surface area contributed by atoms with Crippen LogP contribution in [0.1, 0.15) is 20.7 Å². The van der Waals surface area contributed by atoms with Gasteiger partial charge in [0.2, 0.25) is 5.96 Å². The highest BCUT2D eigenvalue weighted by Crippen LogP contribution is 2.38. The summed E-state index contributed by atoms with van der Waals surface area (Å²) in [5.41, 5.74) is 3.66. The minimum atomic E-state index is -5.12. The van der Waals surface area contributed by atoms with E-state index in [1.54, 1.807) is 0 Å². The molecule has 1 aliphatic rings. The van der Waals surface area contributed by atoms with Crippen molar-refractivity contribution in [3.8, 4) is 5.75 Å². The normalized spacial score (nSPS) is 13.3. The third kappa shape index (κ3) is 5.40. The number of amides is 2. The molecule has 0 radical (unpaired) electrons. The number of aromatic nitrogens is 2. The van der Waals surface area contributed by atoms with Gasteiger partial charge in [0.15, 0.2) is 16.1 Å². The number of anilines is 1. The molecule has 3 rings (SSSR count). The van der Waals surface area contributed by atoms with Crippen LogP contribution in [0.2, 0.25) is 15.3 Å². The Morgan fingerprint density at radius 2 is 1.78 bits per heavy atom. The number of nitrogens with zero attached hydrogens (tertiary/aromatic N) is 4. The minimum absolute atomic E-state index is 0.0385. The van der Waals surface area contributed by atoms with Crippen molar-refractivity contribution in [1.29, 1.82) is 0 Å². The summed E-state index contributed by atoms with van der Waals surface area (Å²) in [4.78, 5) is 25.2. The van der Waals surface area contributed by atoms with Crippen molar-refractivity contribution in [2.45, 2.75) is 6.36 Å². The second kappa shape index (κ2) is 9.20. The summed E-state index contributed by atoms with van der Waals surface area (Å²) in [7, 11) is 1.52. The first kappa shape index (κ1) is 23.6. The molecule has 0 fully saturated rings. The number of ether oxygens (including phenoxy) is 1. The Kier molecular flexibility index (Phi) is 6.78. The van der Waals surface area contributed by atoms with Crippen LogP contribution in [0.4, 0.5) is 18.9 Å². The summed E-state index contributed by atoms with van der Waals surface area (Å²) in [6.45, 7) is 0. The van der Waals surface area contributed by atoms with E-state index >= 15 is 0 Å². The molecule has 0 aliphatic carbocycles. The van der Waals surface area contributed by atoms with Crippen molar-refractivity contribution in [1.82, 2.24) is 31.6 Å². The van der Waals surface area contributed by atoms with Crippen LogP contribution < -0.4 is 26.4 Å². The van der Waals surface area contributed by atoms with Crippen molar-refractivity contribution < 1.29 is 27.5 Å². The van der Waals surface area contributed by atoms with Gasteiger partial charge in [-0.05, 0) is 18.2 Å². The number of rotatable bonds is 4. The first-order chi connectivity index (χ1) is 15.0. The standard InChI is InChI=1S/C15H10Cl3F3N8O3/c1-29-14(26-27-28-29)23-12(30)5-2-3-7(32-15(19,20)21)10(9(5)17)22-13(31)6-4-8(16)24-25-11(6)18/h2-4,27-28H,1H3,(H,22,31)(H,23,26,30). The lowest BCUT2D eigenvalue weighted by molar-refractivity contribution is -0.274. The van der Waals surface area contributed by atoms with Gasteiger partial charge in [-0.25, -0.2) is 5.53 Å². The number of carbonyl (C=O) groups is 2. The van der Waals surface area contributed by atoms with E-state index < -0.39 is 34.6 Å². The molecule has 17 heteroatoms. The van der Waals surface area contributed by atoms with Crippen LogP contribution in [0.15, 0.2) is 23.3 Å². The second-order valence-electron chi connectivity index (χ2n) is 5.85. The summed E-state index contributed by atoms with van der Waals surface area (Å²) in [6, 6.07) is 2.82. The number of hydrogen-bond donors (Lipinski definition) is 4. The van der Waals surface area contributed by atoms with Gasteiger partial charge >= 0.3 is 6.36 Å². The Labute approximate surface area is 191 Å². The van der Waals surface area contributed by atoms with E-state index in [4.69, 9.17) is 34.8 Å². The Morgan fingerprint density at radius 1 is 1.09 bits per heavy atom. The van der Waals surface area contributed by atoms with Crippen molar-refractivity contribution in [2.75, 3.05) is 12.4 Å². The Hall–Kier alpha value is -3.07. The number of nitrogens with one attached hydrogen (secondary N) is 4. The van der Waals surface area contributed by atoms with E-state index in [1.165, 1.54) is 12.1 Å². The zero-order valence-electron chi connectivity index (χ0n) is 15.5. The largest absolute Gasteiger partial charge is 0.573 e. The first-order valence-electron chi connectivity index (χ1n) is 8.18. The SMILES string of the molecule is CN1NNN=C1NC(=O)c1ccc(OC(F)(F)F)c(NC(=O)c2cc(Cl)nnc2Cl)c1Cl. The summed E-state index contributed by atoms with van der Waals surface area (Å²) in [5.74, 6) is -2.72. The predicted octanol–water partition coefficient (Wildman–Crippen LogP) is 2.54. The van der Waals surface area contributed by atoms with Crippen molar-refractivity contribution in [3.05, 3.63) is 44.7 Å². The van der Waals surface area contributed by atoms with Crippen LogP contribution in [0.5, 0.6) is 5.75 Å². The highest BCUT2D eigenvalue weighted by Gasteiger charge is 2.34. The number of carbonyl (C=O) groups excluding carboxylic acids is 2. The van der Waals surface area contributed by atoms with Gasteiger partial charge in [0.05, 0.1) is 16.1 Å². The van der Waals surface area contributed by atoms with E-state index in [-0.39, 0.29) is 27.4 Å². The lowest BCUT2D eigenvalue weighted by atomic mass is 10.1. The van der Waals surface area contributed by atoms with Crippen LogP contribution in [0, 0.1) is 0 Å². The lowest BCUT2D eigenvalue weighted by Crippen LogP contribution is -2.45. The number of benzene rings is 1. The summed E-state index contributed by atoms with van der Waals surface area (Å²) in [5, 5.41) is 15.3. The zero-order valence-corrected chi connectivity index (χ0v) is 17.8. The molecule has 0 unspecified atom stereocenters. The third-order valence-corrected chi connectivity index (χ3v) is 4.56. The average molecular weight is 514 g/mol. The van der Waals surface area contributed by atoms with Gasteiger partial charge in [-0.1, -0.05) is 34.8 Å². The molecule has 0 atom stereocenters. The predicted molar refractivity (Wildman–Crippen MR) is 107 cm³/mol. The van der Waals surface area contributed by atoms with Crippen molar-refractivity contribution in [3.63, 3.8) is 0 Å². The Balaban J connectivity index is 1.99. The smallest absolute Gasteiger partial charge is 0.404 e. The maximum absolute atomic E-state index is 12.9. The van der Waals surface area contributed by atoms with Crippen LogP contribution in [-0.4, -0.2) is 46.4 Å². The van der Waals surface area contributed by atoms with Crippen molar-refractivity contribution >= 4 is 58.3 Å². The van der Waals surface area contributed by atoms with Gasteiger partial charge in [0.1, 0.15) is 5.69 Å². The molecule has 2 aromatic rings. The number of hydrogen-bond acceptors (Lipinski definition) is 9. The van der Waals surface area contributed by atoms with Gasteiger partial charge < -0.3 is 10.1 Å².